The number of carbonyl (C=O) groups is 3. The minimum Gasteiger partial charge on any atom is -0.480 e. The van der Waals surface area contributed by atoms with Gasteiger partial charge in [0.15, 0.2) is 0 Å². The Morgan fingerprint density at radius 3 is 2.32 bits per heavy atom. The van der Waals surface area contributed by atoms with Crippen molar-refractivity contribution in [1.82, 2.24) is 14.4 Å². The summed E-state index contributed by atoms with van der Waals surface area (Å²) in [5.41, 5.74) is 2.50. The van der Waals surface area contributed by atoms with Crippen molar-refractivity contribution in [3.8, 4) is 0 Å². The molecule has 1 fully saturated rings. The first-order valence-electron chi connectivity index (χ1n) is 10.0. The van der Waals surface area contributed by atoms with E-state index >= 15 is 0 Å². The van der Waals surface area contributed by atoms with Crippen molar-refractivity contribution in [2.24, 2.45) is 0 Å². The summed E-state index contributed by atoms with van der Waals surface area (Å²) in [4.78, 5) is 38.4. The topological polar surface area (TPSA) is 103 Å². The first kappa shape index (κ1) is 20.6. The highest BCUT2D eigenvalue weighted by molar-refractivity contribution is 5.96. The molecule has 0 aliphatic carbocycles. The minimum atomic E-state index is -1.06. The van der Waals surface area contributed by atoms with Gasteiger partial charge in [-0.2, -0.15) is 0 Å². The van der Waals surface area contributed by atoms with Crippen LogP contribution in [0.2, 0.25) is 0 Å². The Kier molecular flexibility index (Phi) is 5.73. The molecule has 0 saturated carbocycles. The maximum Gasteiger partial charge on any atom is 0.335 e. The zero-order chi connectivity index (χ0) is 22.0. The van der Waals surface area contributed by atoms with E-state index in [9.17, 15) is 24.6 Å². The van der Waals surface area contributed by atoms with Gasteiger partial charge in [0.2, 0.25) is 6.41 Å². The molecule has 2 aromatic carbocycles. The summed E-state index contributed by atoms with van der Waals surface area (Å²) in [7, 11) is 0. The number of benzene rings is 2. The van der Waals surface area contributed by atoms with Gasteiger partial charge >= 0.3 is 11.9 Å². The fraction of sp³-hybridized carbons (Fsp3) is 0.261. The largest absolute Gasteiger partial charge is 0.480 e. The van der Waals surface area contributed by atoms with E-state index in [1.165, 1.54) is 6.07 Å². The number of carboxylic acids is 2. The lowest BCUT2D eigenvalue weighted by molar-refractivity contribution is -0.144. The first-order valence-corrected chi connectivity index (χ1v) is 10.0. The van der Waals surface area contributed by atoms with Crippen molar-refractivity contribution >= 4 is 29.3 Å². The number of carboxylic acid groups (broad SMARTS) is 2. The van der Waals surface area contributed by atoms with Crippen LogP contribution in [-0.4, -0.2) is 69.1 Å². The molecule has 0 bridgehead atoms. The molecule has 8 nitrogen and oxygen atoms in total. The summed E-state index contributed by atoms with van der Waals surface area (Å²) in [6.07, 6.45) is 2.59. The van der Waals surface area contributed by atoms with Gasteiger partial charge in [0, 0.05) is 55.4 Å². The van der Waals surface area contributed by atoms with E-state index in [0.717, 1.165) is 17.5 Å². The number of aliphatic carboxylic acids is 1. The summed E-state index contributed by atoms with van der Waals surface area (Å²) in [6.45, 7) is 2.31. The number of rotatable bonds is 7. The van der Waals surface area contributed by atoms with E-state index in [2.05, 4.69) is 0 Å². The van der Waals surface area contributed by atoms with Gasteiger partial charge in [-0.3, -0.25) is 14.5 Å². The number of carbonyl (C=O) groups excluding carboxylic acids is 1. The maximum atomic E-state index is 12.3. The molecule has 1 amide bonds. The number of amides is 1. The summed E-state index contributed by atoms with van der Waals surface area (Å²) in [6, 6.07) is 13.7. The fourth-order valence-electron chi connectivity index (χ4n) is 4.17. The Labute approximate surface area is 178 Å². The van der Waals surface area contributed by atoms with Crippen LogP contribution in [0, 0.1) is 0 Å². The summed E-state index contributed by atoms with van der Waals surface area (Å²) >= 11 is 0. The summed E-state index contributed by atoms with van der Waals surface area (Å²) in [5, 5.41) is 20.2. The Bertz CT molecular complexity index is 1120. The SMILES string of the molecule is O=CN1CCN([C@@H](C(=O)O)c2cn(Cc3ccccc3)c3ccc(C(=O)O)cc23)CC1. The highest BCUT2D eigenvalue weighted by Crippen LogP contribution is 2.32. The molecule has 160 valence electrons. The van der Waals surface area contributed by atoms with Crippen LogP contribution in [0.25, 0.3) is 10.9 Å². The molecule has 0 radical (unpaired) electrons. The van der Waals surface area contributed by atoms with Crippen LogP contribution >= 0.6 is 0 Å². The van der Waals surface area contributed by atoms with Crippen LogP contribution in [0.3, 0.4) is 0 Å². The third-order valence-corrected chi connectivity index (χ3v) is 5.75. The van der Waals surface area contributed by atoms with E-state index in [1.807, 2.05) is 46.0 Å². The van der Waals surface area contributed by atoms with E-state index in [1.54, 1.807) is 17.0 Å². The summed E-state index contributed by atoms with van der Waals surface area (Å²) in [5.74, 6) is -2.06. The van der Waals surface area contributed by atoms with Gasteiger partial charge in [-0.1, -0.05) is 30.3 Å². The van der Waals surface area contributed by atoms with Gasteiger partial charge in [-0.05, 0) is 23.8 Å². The van der Waals surface area contributed by atoms with Crippen molar-refractivity contribution in [3.63, 3.8) is 0 Å². The summed E-state index contributed by atoms with van der Waals surface area (Å²) < 4.78 is 1.96. The normalized spacial score (nSPS) is 15.7. The van der Waals surface area contributed by atoms with Gasteiger partial charge < -0.3 is 19.7 Å². The van der Waals surface area contributed by atoms with Crippen LogP contribution in [0.5, 0.6) is 0 Å². The minimum absolute atomic E-state index is 0.112. The zero-order valence-electron chi connectivity index (χ0n) is 16.8. The molecule has 3 aromatic rings. The molecule has 2 heterocycles. The monoisotopic (exact) mass is 421 g/mol. The predicted molar refractivity (Wildman–Crippen MR) is 114 cm³/mol. The van der Waals surface area contributed by atoms with Gasteiger partial charge in [-0.25, -0.2) is 4.79 Å². The van der Waals surface area contributed by atoms with Crippen LogP contribution in [0.15, 0.2) is 54.7 Å². The van der Waals surface area contributed by atoms with Crippen molar-refractivity contribution in [2.45, 2.75) is 12.6 Å². The Morgan fingerprint density at radius 1 is 1.00 bits per heavy atom. The van der Waals surface area contributed by atoms with Gasteiger partial charge in [-0.15, -0.1) is 0 Å². The second-order valence-electron chi connectivity index (χ2n) is 7.65. The Morgan fingerprint density at radius 2 is 1.71 bits per heavy atom. The van der Waals surface area contributed by atoms with E-state index in [4.69, 9.17) is 0 Å². The molecule has 1 atom stereocenters. The lowest BCUT2D eigenvalue weighted by atomic mass is 10.0. The Hall–Kier alpha value is -3.65. The second kappa shape index (κ2) is 8.61. The number of nitrogens with zero attached hydrogens (tertiary/aromatic N) is 3. The molecule has 2 N–H and O–H groups in total. The van der Waals surface area contributed by atoms with Crippen molar-refractivity contribution in [1.29, 1.82) is 0 Å². The Balaban J connectivity index is 1.80. The molecular weight excluding hydrogens is 398 g/mol. The molecule has 8 heteroatoms. The van der Waals surface area contributed by atoms with Gasteiger partial charge in [0.05, 0.1) is 5.56 Å². The molecule has 1 aliphatic heterocycles. The second-order valence-corrected chi connectivity index (χ2v) is 7.65. The van der Waals surface area contributed by atoms with Gasteiger partial charge in [0.1, 0.15) is 6.04 Å². The average molecular weight is 421 g/mol. The molecular formula is C23H23N3O5. The zero-order valence-corrected chi connectivity index (χ0v) is 16.8. The third-order valence-electron chi connectivity index (χ3n) is 5.75. The van der Waals surface area contributed by atoms with E-state index < -0.39 is 18.0 Å². The van der Waals surface area contributed by atoms with Crippen LogP contribution < -0.4 is 0 Å². The number of aromatic carboxylic acids is 1. The highest BCUT2D eigenvalue weighted by Gasteiger charge is 2.32. The van der Waals surface area contributed by atoms with Crippen molar-refractivity contribution < 1.29 is 24.6 Å². The van der Waals surface area contributed by atoms with Crippen molar-refractivity contribution in [3.05, 3.63) is 71.4 Å². The molecule has 1 aromatic heterocycles. The fourth-order valence-corrected chi connectivity index (χ4v) is 4.17. The molecule has 31 heavy (non-hydrogen) atoms. The highest BCUT2D eigenvalue weighted by atomic mass is 16.4. The number of fused-ring (bicyclic) bond motifs is 1. The molecule has 0 spiro atoms. The first-order chi connectivity index (χ1) is 15.0. The molecule has 1 aliphatic rings. The van der Waals surface area contributed by atoms with Crippen molar-refractivity contribution in [2.75, 3.05) is 26.2 Å². The maximum absolute atomic E-state index is 12.3. The van der Waals surface area contributed by atoms with E-state index in [0.29, 0.717) is 43.7 Å². The lowest BCUT2D eigenvalue weighted by Crippen LogP contribution is -2.48. The smallest absolute Gasteiger partial charge is 0.335 e. The standard InChI is InChI=1S/C23H23N3O5/c27-15-24-8-10-25(11-9-24)21(23(30)31)19-14-26(13-16-4-2-1-3-5-16)20-7-6-17(22(28)29)12-18(19)20/h1-7,12,14-15,21H,8-11,13H2,(H,28,29)(H,30,31)/t21-/m1/s1. The number of hydrogen-bond acceptors (Lipinski definition) is 4. The van der Waals surface area contributed by atoms with Crippen LogP contribution in [0.1, 0.15) is 27.5 Å². The predicted octanol–water partition coefficient (Wildman–Crippen LogP) is 2.29. The average Bonchev–Trinajstić information content (AvgIpc) is 3.12. The third kappa shape index (κ3) is 4.15. The number of hydrogen-bond donors (Lipinski definition) is 2. The molecule has 1 saturated heterocycles. The molecule has 4 rings (SSSR count). The quantitative estimate of drug-likeness (QED) is 0.568. The lowest BCUT2D eigenvalue weighted by Gasteiger charge is -2.36. The van der Waals surface area contributed by atoms with Crippen LogP contribution in [0.4, 0.5) is 0 Å². The van der Waals surface area contributed by atoms with Crippen LogP contribution in [-0.2, 0) is 16.1 Å². The number of piperazine rings is 1. The van der Waals surface area contributed by atoms with E-state index in [-0.39, 0.29) is 5.56 Å². The van der Waals surface area contributed by atoms with Gasteiger partial charge in [0.25, 0.3) is 0 Å². The number of aromatic nitrogens is 1. The molecule has 0 unspecified atom stereocenters.